The number of rotatable bonds is 9. The first-order valence-electron chi connectivity index (χ1n) is 12.6. The normalized spacial score (nSPS) is 11.6. The Morgan fingerprint density at radius 2 is 1.88 bits per heavy atom. The molecule has 40 heavy (non-hydrogen) atoms. The van der Waals surface area contributed by atoms with Gasteiger partial charge in [-0.3, -0.25) is 4.79 Å². The first kappa shape index (κ1) is 28.8. The van der Waals surface area contributed by atoms with E-state index in [-0.39, 0.29) is 17.7 Å². The number of nitrogens with zero attached hydrogens (tertiary/aromatic N) is 3. The predicted molar refractivity (Wildman–Crippen MR) is 160 cm³/mol. The zero-order valence-electron chi connectivity index (χ0n) is 22.8. The number of methoxy groups -OCH3 is 1. The van der Waals surface area contributed by atoms with Gasteiger partial charge in [0.25, 0.3) is 5.56 Å². The van der Waals surface area contributed by atoms with Crippen LogP contribution in [0.5, 0.6) is 11.5 Å². The van der Waals surface area contributed by atoms with Crippen molar-refractivity contribution >= 4 is 39.0 Å². The molecule has 1 aromatic heterocycles. The van der Waals surface area contributed by atoms with Crippen LogP contribution < -0.4 is 15.0 Å². The third kappa shape index (κ3) is 6.31. The van der Waals surface area contributed by atoms with Crippen LogP contribution in [0.15, 0.2) is 81.6 Å². The van der Waals surface area contributed by atoms with Gasteiger partial charge < -0.3 is 14.6 Å². The molecule has 4 aromatic rings. The van der Waals surface area contributed by atoms with E-state index < -0.39 is 11.4 Å². The number of halogens is 1. The van der Waals surface area contributed by atoms with Crippen molar-refractivity contribution in [2.45, 2.75) is 39.2 Å². The van der Waals surface area contributed by atoms with Crippen LogP contribution in [0, 0.1) is 0 Å². The summed E-state index contributed by atoms with van der Waals surface area (Å²) in [7, 11) is 1.55. The van der Waals surface area contributed by atoms with Crippen LogP contribution in [-0.2, 0) is 18.4 Å². The summed E-state index contributed by atoms with van der Waals surface area (Å²) in [5.41, 5.74) is 2.45. The largest absolute Gasteiger partial charge is 0.493 e. The highest BCUT2D eigenvalue weighted by atomic mass is 79.9. The fourth-order valence-electron chi connectivity index (χ4n) is 4.15. The summed E-state index contributed by atoms with van der Waals surface area (Å²) in [6, 6.07) is 15.6. The second-order valence-electron chi connectivity index (χ2n) is 10.2. The van der Waals surface area contributed by atoms with Crippen molar-refractivity contribution in [1.82, 2.24) is 9.66 Å². The summed E-state index contributed by atoms with van der Waals surface area (Å²) in [6.07, 6.45) is 3.87. The first-order chi connectivity index (χ1) is 19.0. The van der Waals surface area contributed by atoms with Gasteiger partial charge >= 0.3 is 5.97 Å². The molecule has 0 aliphatic heterocycles. The van der Waals surface area contributed by atoms with E-state index in [0.717, 1.165) is 15.6 Å². The van der Waals surface area contributed by atoms with Gasteiger partial charge in [-0.1, -0.05) is 54.9 Å². The maximum absolute atomic E-state index is 13.5. The second kappa shape index (κ2) is 11.9. The van der Waals surface area contributed by atoms with Crippen LogP contribution >= 0.6 is 15.9 Å². The lowest BCUT2D eigenvalue weighted by molar-refractivity contribution is 0.0697. The van der Waals surface area contributed by atoms with E-state index in [1.807, 2.05) is 39.0 Å². The number of allylic oxidation sites excluding steroid dienone is 1. The molecule has 0 saturated carbocycles. The summed E-state index contributed by atoms with van der Waals surface area (Å²) < 4.78 is 13.9. The molecule has 0 fully saturated rings. The molecule has 206 valence electrons. The molecule has 1 heterocycles. The van der Waals surface area contributed by atoms with Crippen LogP contribution in [0.3, 0.4) is 0 Å². The Morgan fingerprint density at radius 3 is 2.50 bits per heavy atom. The SMILES string of the molecule is C=CCc1cc(C=Nn2c(C(C)(C)C)nc3ccc(Br)cc3c2=O)cc(OC)c1OCc1ccc(C(=O)O)cc1. The van der Waals surface area contributed by atoms with E-state index in [1.165, 1.54) is 16.8 Å². The fourth-order valence-corrected chi connectivity index (χ4v) is 4.51. The molecule has 0 spiro atoms. The average Bonchev–Trinajstić information content (AvgIpc) is 2.91. The Balaban J connectivity index is 1.73. The molecule has 4 rings (SSSR count). The molecule has 0 atom stereocenters. The van der Waals surface area contributed by atoms with Crippen molar-refractivity contribution < 1.29 is 19.4 Å². The molecule has 0 unspecified atom stereocenters. The number of carboxylic acid groups (broad SMARTS) is 1. The standard InChI is InChI=1S/C31H30BrN3O5/c1-6-7-22-14-20(15-26(39-5)27(22)40-18-19-8-10-21(11-9-19)29(37)38)17-33-35-28(36)24-16-23(32)12-13-25(24)34-30(35)31(2,3)4/h6,8-17H,1,7,18H2,2-5H3,(H,37,38). The molecule has 0 aliphatic rings. The molecule has 1 N–H and O–H groups in total. The van der Waals surface area contributed by atoms with Crippen LogP contribution in [0.25, 0.3) is 10.9 Å². The van der Waals surface area contributed by atoms with Crippen LogP contribution in [0.1, 0.15) is 53.6 Å². The Morgan fingerprint density at radius 1 is 1.15 bits per heavy atom. The minimum absolute atomic E-state index is 0.209. The van der Waals surface area contributed by atoms with Crippen LogP contribution in [0.4, 0.5) is 0 Å². The van der Waals surface area contributed by atoms with Crippen molar-refractivity contribution in [3.8, 4) is 11.5 Å². The number of carbonyl (C=O) groups is 1. The Hall–Kier alpha value is -4.24. The topological polar surface area (TPSA) is 103 Å². The van der Waals surface area contributed by atoms with Crippen molar-refractivity contribution in [2.75, 3.05) is 7.11 Å². The van der Waals surface area contributed by atoms with E-state index in [9.17, 15) is 9.59 Å². The van der Waals surface area contributed by atoms with E-state index in [4.69, 9.17) is 19.6 Å². The van der Waals surface area contributed by atoms with Crippen molar-refractivity contribution in [3.63, 3.8) is 0 Å². The molecule has 3 aromatic carbocycles. The summed E-state index contributed by atoms with van der Waals surface area (Å²) >= 11 is 3.43. The van der Waals surface area contributed by atoms with Crippen molar-refractivity contribution in [1.29, 1.82) is 0 Å². The lowest BCUT2D eigenvalue weighted by Gasteiger charge is -2.21. The van der Waals surface area contributed by atoms with Gasteiger partial charge in [0.1, 0.15) is 12.4 Å². The number of hydrogen-bond donors (Lipinski definition) is 1. The smallest absolute Gasteiger partial charge is 0.335 e. The lowest BCUT2D eigenvalue weighted by atomic mass is 9.95. The molecule has 0 aliphatic carbocycles. The highest BCUT2D eigenvalue weighted by Crippen LogP contribution is 2.34. The minimum Gasteiger partial charge on any atom is -0.493 e. The van der Waals surface area contributed by atoms with E-state index in [1.54, 1.807) is 43.7 Å². The quantitative estimate of drug-likeness (QED) is 0.176. The Kier molecular flexibility index (Phi) is 8.54. The molecule has 0 bridgehead atoms. The molecule has 8 nitrogen and oxygen atoms in total. The zero-order chi connectivity index (χ0) is 29.0. The molecule has 0 saturated heterocycles. The Labute approximate surface area is 240 Å². The van der Waals surface area contributed by atoms with Gasteiger partial charge in [-0.25, -0.2) is 9.78 Å². The number of ether oxygens (including phenoxy) is 2. The molecule has 0 amide bonds. The Bertz CT molecular complexity index is 1670. The maximum Gasteiger partial charge on any atom is 0.335 e. The second-order valence-corrected chi connectivity index (χ2v) is 11.1. The molecular formula is C31H30BrN3O5. The monoisotopic (exact) mass is 603 g/mol. The first-order valence-corrected chi connectivity index (χ1v) is 13.3. The van der Waals surface area contributed by atoms with Crippen molar-refractivity contribution in [3.05, 3.63) is 110 Å². The van der Waals surface area contributed by atoms with Gasteiger partial charge in [0.2, 0.25) is 0 Å². The predicted octanol–water partition coefficient (Wildman–Crippen LogP) is 6.35. The van der Waals surface area contributed by atoms with Gasteiger partial charge in [0.15, 0.2) is 11.5 Å². The molecule has 0 radical (unpaired) electrons. The number of aromatic carboxylic acids is 1. The van der Waals surface area contributed by atoms with Gasteiger partial charge in [0, 0.05) is 15.5 Å². The number of hydrogen-bond acceptors (Lipinski definition) is 6. The lowest BCUT2D eigenvalue weighted by Crippen LogP contribution is -2.29. The van der Waals surface area contributed by atoms with Gasteiger partial charge in [-0.05, 0) is 60.0 Å². The summed E-state index contributed by atoms with van der Waals surface area (Å²) in [6.45, 7) is 10.0. The van der Waals surface area contributed by atoms with Gasteiger partial charge in [-0.15, -0.1) is 6.58 Å². The summed E-state index contributed by atoms with van der Waals surface area (Å²) in [5.74, 6) is 0.596. The summed E-state index contributed by atoms with van der Waals surface area (Å²) in [5, 5.41) is 14.2. The fraction of sp³-hybridized carbons (Fsp3) is 0.226. The van der Waals surface area contributed by atoms with E-state index >= 15 is 0 Å². The maximum atomic E-state index is 13.5. The third-order valence-electron chi connectivity index (χ3n) is 6.12. The number of aromatic nitrogens is 2. The van der Waals surface area contributed by atoms with E-state index in [0.29, 0.717) is 40.2 Å². The van der Waals surface area contributed by atoms with Gasteiger partial charge in [0.05, 0.1) is 29.8 Å². The number of fused-ring (bicyclic) bond motifs is 1. The van der Waals surface area contributed by atoms with Crippen LogP contribution in [0.2, 0.25) is 0 Å². The summed E-state index contributed by atoms with van der Waals surface area (Å²) in [4.78, 5) is 29.4. The third-order valence-corrected chi connectivity index (χ3v) is 6.62. The van der Waals surface area contributed by atoms with Gasteiger partial charge in [-0.2, -0.15) is 9.78 Å². The zero-order valence-corrected chi connectivity index (χ0v) is 24.4. The average molecular weight is 605 g/mol. The van der Waals surface area contributed by atoms with Crippen LogP contribution in [-0.4, -0.2) is 34.1 Å². The molecule has 9 heteroatoms. The minimum atomic E-state index is -0.983. The van der Waals surface area contributed by atoms with E-state index in [2.05, 4.69) is 27.6 Å². The highest BCUT2D eigenvalue weighted by molar-refractivity contribution is 9.10. The molecular weight excluding hydrogens is 574 g/mol. The number of benzene rings is 3. The number of carboxylic acids is 1. The highest BCUT2D eigenvalue weighted by Gasteiger charge is 2.23. The van der Waals surface area contributed by atoms with Crippen molar-refractivity contribution in [2.24, 2.45) is 5.10 Å².